The van der Waals surface area contributed by atoms with Crippen LogP contribution in [0.25, 0.3) is 5.65 Å². The number of amides is 1. The fourth-order valence-electron chi connectivity index (χ4n) is 3.64. The number of aromatic nitrogens is 2. The van der Waals surface area contributed by atoms with Crippen LogP contribution in [0.4, 0.5) is 0 Å². The van der Waals surface area contributed by atoms with Gasteiger partial charge in [-0.3, -0.25) is 4.79 Å². The Hall–Kier alpha value is -1.88. The van der Waals surface area contributed by atoms with E-state index in [4.69, 9.17) is 15.5 Å². The molecule has 0 spiro atoms. The Bertz CT molecular complexity index is 711. The molecule has 2 atom stereocenters. The number of ether oxygens (including phenoxy) is 1. The summed E-state index contributed by atoms with van der Waals surface area (Å²) in [6.45, 7) is 2.93. The maximum atomic E-state index is 11.2. The first-order valence-electron chi connectivity index (χ1n) is 6.93. The average molecular weight is 271 g/mol. The Labute approximate surface area is 116 Å². The smallest absolute Gasteiger partial charge is 0.250 e. The van der Waals surface area contributed by atoms with Gasteiger partial charge in [-0.05, 0) is 38.3 Å². The zero-order valence-corrected chi connectivity index (χ0v) is 11.4. The number of hydrogen-bond donors (Lipinski definition) is 1. The third-order valence-electron chi connectivity index (χ3n) is 4.82. The van der Waals surface area contributed by atoms with E-state index in [1.54, 1.807) is 12.3 Å². The molecule has 1 aliphatic heterocycles. The standard InChI is InChI=1S/C15H17N3O2/c1-14-4-5-15(8-14,9-20-14)11-7-18-6-10(13(16)19)2-3-12(18)17-11/h2-3,6-7H,4-5,8-9H2,1H3,(H2,16,19)/t14-,15-/m1/s1. The van der Waals surface area contributed by atoms with E-state index >= 15 is 0 Å². The van der Waals surface area contributed by atoms with Crippen molar-refractivity contribution in [2.24, 2.45) is 5.73 Å². The summed E-state index contributed by atoms with van der Waals surface area (Å²) in [5.41, 5.74) is 7.80. The van der Waals surface area contributed by atoms with Crippen molar-refractivity contribution in [1.82, 2.24) is 9.38 Å². The highest BCUT2D eigenvalue weighted by molar-refractivity contribution is 5.92. The number of carbonyl (C=O) groups is 1. The SMILES string of the molecule is C[C@]12CC[C@](c3cn4cc(C(N)=O)ccc4n3)(CO1)C2. The molecule has 5 nitrogen and oxygen atoms in total. The molecule has 2 aromatic rings. The average Bonchev–Trinajstić information content (AvgIpc) is 3.07. The molecule has 0 unspecified atom stereocenters. The van der Waals surface area contributed by atoms with Crippen LogP contribution in [-0.4, -0.2) is 27.5 Å². The Kier molecular flexibility index (Phi) is 2.15. The molecule has 1 saturated carbocycles. The van der Waals surface area contributed by atoms with Gasteiger partial charge in [-0.2, -0.15) is 0 Å². The van der Waals surface area contributed by atoms with Crippen molar-refractivity contribution < 1.29 is 9.53 Å². The fourth-order valence-corrected chi connectivity index (χ4v) is 3.64. The van der Waals surface area contributed by atoms with Crippen molar-refractivity contribution in [3.05, 3.63) is 35.8 Å². The highest BCUT2D eigenvalue weighted by atomic mass is 16.5. The van der Waals surface area contributed by atoms with E-state index in [1.807, 2.05) is 16.7 Å². The van der Waals surface area contributed by atoms with Crippen molar-refractivity contribution in [2.75, 3.05) is 6.61 Å². The molecule has 4 rings (SSSR count). The van der Waals surface area contributed by atoms with Crippen LogP contribution in [-0.2, 0) is 10.2 Å². The summed E-state index contributed by atoms with van der Waals surface area (Å²) < 4.78 is 7.82. The molecule has 2 aromatic heterocycles. The summed E-state index contributed by atoms with van der Waals surface area (Å²) >= 11 is 0. The molecular formula is C15H17N3O2. The Morgan fingerprint density at radius 1 is 1.40 bits per heavy atom. The van der Waals surface area contributed by atoms with Crippen LogP contribution in [0.3, 0.4) is 0 Å². The van der Waals surface area contributed by atoms with E-state index < -0.39 is 5.91 Å². The van der Waals surface area contributed by atoms with Gasteiger partial charge in [0.25, 0.3) is 0 Å². The normalized spacial score (nSPS) is 32.0. The largest absolute Gasteiger partial charge is 0.374 e. The first kappa shape index (κ1) is 11.9. The number of imidazole rings is 1. The molecule has 20 heavy (non-hydrogen) atoms. The number of fused-ring (bicyclic) bond motifs is 3. The Balaban J connectivity index is 1.80. The number of nitrogens with zero attached hydrogens (tertiary/aromatic N) is 2. The molecule has 1 aliphatic carbocycles. The minimum Gasteiger partial charge on any atom is -0.374 e. The van der Waals surface area contributed by atoms with E-state index in [0.717, 1.165) is 37.2 Å². The molecule has 5 heteroatoms. The predicted molar refractivity (Wildman–Crippen MR) is 73.6 cm³/mol. The molecule has 1 amide bonds. The van der Waals surface area contributed by atoms with Crippen molar-refractivity contribution in [2.45, 2.75) is 37.2 Å². The molecule has 0 radical (unpaired) electrons. The summed E-state index contributed by atoms with van der Waals surface area (Å²) in [6, 6.07) is 3.56. The number of nitrogens with two attached hydrogens (primary N) is 1. The summed E-state index contributed by atoms with van der Waals surface area (Å²) in [5.74, 6) is -0.419. The van der Waals surface area contributed by atoms with Crippen molar-refractivity contribution in [1.29, 1.82) is 0 Å². The van der Waals surface area contributed by atoms with E-state index in [0.29, 0.717) is 5.56 Å². The lowest BCUT2D eigenvalue weighted by molar-refractivity contribution is -0.00627. The van der Waals surface area contributed by atoms with Crippen LogP contribution in [0.2, 0.25) is 0 Å². The number of primary amides is 1. The van der Waals surface area contributed by atoms with Gasteiger partial charge in [0.2, 0.25) is 5.91 Å². The minimum atomic E-state index is -0.419. The molecule has 0 aromatic carbocycles. The maximum Gasteiger partial charge on any atom is 0.250 e. The minimum absolute atomic E-state index is 0.0220. The molecule has 2 fully saturated rings. The number of carbonyl (C=O) groups excluding carboxylic acids is 1. The molecule has 2 aliphatic rings. The predicted octanol–water partition coefficient (Wildman–Crippen LogP) is 1.64. The second kappa shape index (κ2) is 3.61. The molecule has 2 bridgehead atoms. The zero-order chi connectivity index (χ0) is 14.0. The third kappa shape index (κ3) is 1.53. The summed E-state index contributed by atoms with van der Waals surface area (Å²) in [7, 11) is 0. The van der Waals surface area contributed by atoms with Crippen LogP contribution in [0.5, 0.6) is 0 Å². The summed E-state index contributed by atoms with van der Waals surface area (Å²) in [4.78, 5) is 16.0. The molecular weight excluding hydrogens is 254 g/mol. The van der Waals surface area contributed by atoms with Gasteiger partial charge in [0.15, 0.2) is 0 Å². The van der Waals surface area contributed by atoms with Crippen LogP contribution in [0.1, 0.15) is 42.2 Å². The lowest BCUT2D eigenvalue weighted by Gasteiger charge is -2.24. The quantitative estimate of drug-likeness (QED) is 0.902. The highest BCUT2D eigenvalue weighted by Gasteiger charge is 2.55. The first-order chi connectivity index (χ1) is 9.50. The highest BCUT2D eigenvalue weighted by Crippen LogP contribution is 2.53. The van der Waals surface area contributed by atoms with E-state index in [2.05, 4.69) is 6.92 Å². The zero-order valence-electron chi connectivity index (χ0n) is 11.4. The van der Waals surface area contributed by atoms with Crippen LogP contribution >= 0.6 is 0 Å². The number of rotatable bonds is 2. The van der Waals surface area contributed by atoms with E-state index in [9.17, 15) is 4.79 Å². The van der Waals surface area contributed by atoms with Crippen LogP contribution < -0.4 is 5.73 Å². The van der Waals surface area contributed by atoms with Gasteiger partial charge >= 0.3 is 0 Å². The topological polar surface area (TPSA) is 69.6 Å². The van der Waals surface area contributed by atoms with Crippen LogP contribution in [0.15, 0.2) is 24.5 Å². The summed E-state index contributed by atoms with van der Waals surface area (Å²) in [6.07, 6.45) is 7.01. The molecule has 1 saturated heterocycles. The monoisotopic (exact) mass is 271 g/mol. The van der Waals surface area contributed by atoms with Gasteiger partial charge in [-0.25, -0.2) is 4.98 Å². The molecule has 104 valence electrons. The van der Waals surface area contributed by atoms with Crippen molar-refractivity contribution >= 4 is 11.6 Å². The lowest BCUT2D eigenvalue weighted by atomic mass is 9.84. The maximum absolute atomic E-state index is 11.2. The van der Waals surface area contributed by atoms with Crippen LogP contribution in [0, 0.1) is 0 Å². The first-order valence-corrected chi connectivity index (χ1v) is 6.93. The van der Waals surface area contributed by atoms with Gasteiger partial charge in [0, 0.05) is 17.8 Å². The van der Waals surface area contributed by atoms with Gasteiger partial charge in [-0.1, -0.05) is 0 Å². The fraction of sp³-hybridized carbons (Fsp3) is 0.467. The summed E-state index contributed by atoms with van der Waals surface area (Å²) in [5, 5.41) is 0. The van der Waals surface area contributed by atoms with Gasteiger partial charge < -0.3 is 14.9 Å². The number of hydrogen-bond acceptors (Lipinski definition) is 3. The van der Waals surface area contributed by atoms with Crippen molar-refractivity contribution in [3.8, 4) is 0 Å². The van der Waals surface area contributed by atoms with Gasteiger partial charge in [0.1, 0.15) is 5.65 Å². The van der Waals surface area contributed by atoms with E-state index in [-0.39, 0.29) is 11.0 Å². The molecule has 3 heterocycles. The van der Waals surface area contributed by atoms with E-state index in [1.165, 1.54) is 0 Å². The van der Waals surface area contributed by atoms with Gasteiger partial charge in [0.05, 0.1) is 23.5 Å². The second-order valence-corrected chi connectivity index (χ2v) is 6.37. The van der Waals surface area contributed by atoms with Gasteiger partial charge in [-0.15, -0.1) is 0 Å². The number of pyridine rings is 1. The third-order valence-corrected chi connectivity index (χ3v) is 4.82. The molecule has 2 N–H and O–H groups in total. The lowest BCUT2D eigenvalue weighted by Crippen LogP contribution is -2.26. The Morgan fingerprint density at radius 3 is 2.85 bits per heavy atom. The Morgan fingerprint density at radius 2 is 2.25 bits per heavy atom. The van der Waals surface area contributed by atoms with Crippen molar-refractivity contribution in [3.63, 3.8) is 0 Å². The second-order valence-electron chi connectivity index (χ2n) is 6.37.